The highest BCUT2D eigenvalue weighted by molar-refractivity contribution is 5.00. The monoisotopic (exact) mass is 209 g/mol. The summed E-state index contributed by atoms with van der Waals surface area (Å²) in [6.45, 7) is 9.42. The second-order valence-electron chi connectivity index (χ2n) is 6.40. The fourth-order valence-electron chi connectivity index (χ4n) is 3.41. The van der Waals surface area contributed by atoms with Crippen molar-refractivity contribution in [3.63, 3.8) is 0 Å². The number of fused-ring (bicyclic) bond motifs is 1. The van der Waals surface area contributed by atoms with Crippen LogP contribution in [-0.4, -0.2) is 37.2 Å². The first-order valence-corrected chi connectivity index (χ1v) is 6.48. The Morgan fingerprint density at radius 3 is 2.80 bits per heavy atom. The smallest absolute Gasteiger partial charge is 0.0625 e. The first-order valence-electron chi connectivity index (χ1n) is 6.48. The minimum atomic E-state index is 0.477. The maximum atomic E-state index is 5.66. The number of nitrogens with zero attached hydrogens (tertiary/aromatic N) is 1. The van der Waals surface area contributed by atoms with Gasteiger partial charge in [-0.15, -0.1) is 0 Å². The van der Waals surface area contributed by atoms with Gasteiger partial charge in [-0.05, 0) is 24.3 Å². The van der Waals surface area contributed by atoms with E-state index in [1.54, 1.807) is 0 Å². The van der Waals surface area contributed by atoms with Gasteiger partial charge in [-0.1, -0.05) is 26.7 Å². The quantitative estimate of drug-likeness (QED) is 0.706. The zero-order valence-corrected chi connectivity index (χ0v) is 10.0. The van der Waals surface area contributed by atoms with Gasteiger partial charge in [0.15, 0.2) is 0 Å². The maximum absolute atomic E-state index is 5.66. The Morgan fingerprint density at radius 1 is 1.27 bits per heavy atom. The van der Waals surface area contributed by atoms with Crippen LogP contribution in [0.2, 0.25) is 0 Å². The first-order chi connectivity index (χ1) is 7.17. The van der Waals surface area contributed by atoms with Crippen molar-refractivity contribution in [3.05, 3.63) is 0 Å². The highest BCUT2D eigenvalue weighted by Crippen LogP contribution is 2.44. The van der Waals surface area contributed by atoms with Gasteiger partial charge < -0.3 is 4.74 Å². The van der Waals surface area contributed by atoms with Crippen LogP contribution in [0.5, 0.6) is 0 Å². The molecule has 2 nitrogen and oxygen atoms in total. The summed E-state index contributed by atoms with van der Waals surface area (Å²) in [4.78, 5) is 2.70. The molecule has 2 saturated heterocycles. The second kappa shape index (κ2) is 3.46. The molecule has 2 aliphatic heterocycles. The summed E-state index contributed by atoms with van der Waals surface area (Å²) in [6.07, 6.45) is 4.41. The lowest BCUT2D eigenvalue weighted by Gasteiger charge is -2.23. The van der Waals surface area contributed by atoms with Gasteiger partial charge in [-0.25, -0.2) is 0 Å². The van der Waals surface area contributed by atoms with Gasteiger partial charge in [0.1, 0.15) is 0 Å². The standard InChI is InChI=1S/C13H23NO/c1-13(2)9-14(6-5-10-3-4-10)12-8-15-7-11(12)13/h10-12H,3-9H2,1-2H3/t11-,12+/m0/s1. The Hall–Kier alpha value is -0.0800. The summed E-state index contributed by atoms with van der Waals surface area (Å²) in [5.74, 6) is 1.85. The van der Waals surface area contributed by atoms with E-state index in [4.69, 9.17) is 4.74 Å². The molecule has 0 unspecified atom stereocenters. The third-order valence-electron chi connectivity index (χ3n) is 4.66. The maximum Gasteiger partial charge on any atom is 0.0625 e. The molecule has 15 heavy (non-hydrogen) atoms. The van der Waals surface area contributed by atoms with Gasteiger partial charge in [-0.3, -0.25) is 4.90 Å². The van der Waals surface area contributed by atoms with E-state index >= 15 is 0 Å². The van der Waals surface area contributed by atoms with Crippen molar-refractivity contribution in [1.29, 1.82) is 0 Å². The van der Waals surface area contributed by atoms with Crippen molar-refractivity contribution >= 4 is 0 Å². The van der Waals surface area contributed by atoms with Gasteiger partial charge in [-0.2, -0.15) is 0 Å². The molecule has 3 aliphatic rings. The van der Waals surface area contributed by atoms with E-state index in [2.05, 4.69) is 18.7 Å². The second-order valence-corrected chi connectivity index (χ2v) is 6.40. The average molecular weight is 209 g/mol. The predicted octanol–water partition coefficient (Wildman–Crippen LogP) is 2.14. The Balaban J connectivity index is 1.63. The molecule has 2 heteroatoms. The first kappa shape index (κ1) is 10.1. The van der Waals surface area contributed by atoms with Crippen LogP contribution in [0.3, 0.4) is 0 Å². The summed E-state index contributed by atoms with van der Waals surface area (Å²) in [6, 6.07) is 0.735. The van der Waals surface area contributed by atoms with E-state index in [0.29, 0.717) is 5.41 Å². The topological polar surface area (TPSA) is 12.5 Å². The van der Waals surface area contributed by atoms with Crippen LogP contribution in [0, 0.1) is 17.3 Å². The third kappa shape index (κ3) is 1.83. The van der Waals surface area contributed by atoms with Crippen molar-refractivity contribution in [2.45, 2.75) is 39.2 Å². The van der Waals surface area contributed by atoms with Crippen LogP contribution >= 0.6 is 0 Å². The SMILES string of the molecule is CC1(C)CN(CCC2CC2)[C@@H]2COC[C@@H]21. The number of hydrogen-bond acceptors (Lipinski definition) is 2. The van der Waals surface area contributed by atoms with Crippen LogP contribution < -0.4 is 0 Å². The largest absolute Gasteiger partial charge is 0.379 e. The molecule has 2 atom stereocenters. The highest BCUT2D eigenvalue weighted by Gasteiger charge is 2.49. The predicted molar refractivity (Wildman–Crippen MR) is 60.8 cm³/mol. The zero-order valence-electron chi connectivity index (χ0n) is 10.0. The van der Waals surface area contributed by atoms with Crippen LogP contribution in [0.4, 0.5) is 0 Å². The fourth-order valence-corrected chi connectivity index (χ4v) is 3.41. The molecule has 1 saturated carbocycles. The molecule has 3 fully saturated rings. The van der Waals surface area contributed by atoms with Crippen molar-refractivity contribution in [2.75, 3.05) is 26.3 Å². The summed E-state index contributed by atoms with van der Waals surface area (Å²) in [5.41, 5.74) is 0.477. The number of likely N-dealkylation sites (tertiary alicyclic amines) is 1. The van der Waals surface area contributed by atoms with E-state index in [9.17, 15) is 0 Å². The van der Waals surface area contributed by atoms with Gasteiger partial charge in [0.25, 0.3) is 0 Å². The zero-order chi connectivity index (χ0) is 10.5. The Bertz CT molecular complexity index is 247. The average Bonchev–Trinajstić information content (AvgIpc) is 2.78. The van der Waals surface area contributed by atoms with Gasteiger partial charge in [0.2, 0.25) is 0 Å². The molecule has 0 aromatic carbocycles. The molecule has 0 N–H and O–H groups in total. The highest BCUT2D eigenvalue weighted by atomic mass is 16.5. The summed E-state index contributed by atoms with van der Waals surface area (Å²) >= 11 is 0. The Kier molecular flexibility index (Phi) is 2.33. The fraction of sp³-hybridized carbons (Fsp3) is 1.00. The van der Waals surface area contributed by atoms with Crippen LogP contribution in [0.1, 0.15) is 33.1 Å². The molecule has 0 bridgehead atoms. The minimum Gasteiger partial charge on any atom is -0.379 e. The van der Waals surface area contributed by atoms with E-state index < -0.39 is 0 Å². The third-order valence-corrected chi connectivity index (χ3v) is 4.66. The van der Waals surface area contributed by atoms with Gasteiger partial charge in [0.05, 0.1) is 13.2 Å². The molecule has 0 radical (unpaired) electrons. The molecular formula is C13H23NO. The van der Waals surface area contributed by atoms with Crippen LogP contribution in [-0.2, 0) is 4.74 Å². The van der Waals surface area contributed by atoms with Gasteiger partial charge >= 0.3 is 0 Å². The molecule has 0 aromatic rings. The van der Waals surface area contributed by atoms with Crippen molar-refractivity contribution in [2.24, 2.45) is 17.3 Å². The normalized spacial score (nSPS) is 39.6. The molecular weight excluding hydrogens is 186 g/mol. The van der Waals surface area contributed by atoms with E-state index in [1.807, 2.05) is 0 Å². The molecule has 0 amide bonds. The molecule has 2 heterocycles. The lowest BCUT2D eigenvalue weighted by atomic mass is 9.80. The van der Waals surface area contributed by atoms with Crippen LogP contribution in [0.25, 0.3) is 0 Å². The van der Waals surface area contributed by atoms with Crippen molar-refractivity contribution in [3.8, 4) is 0 Å². The van der Waals surface area contributed by atoms with E-state index in [-0.39, 0.29) is 0 Å². The molecule has 86 valence electrons. The summed E-state index contributed by atoms with van der Waals surface area (Å²) in [5, 5.41) is 0. The number of hydrogen-bond donors (Lipinski definition) is 0. The lowest BCUT2D eigenvalue weighted by molar-refractivity contribution is 0.119. The van der Waals surface area contributed by atoms with Crippen molar-refractivity contribution in [1.82, 2.24) is 4.90 Å². The summed E-state index contributed by atoms with van der Waals surface area (Å²) in [7, 11) is 0. The number of rotatable bonds is 3. The van der Waals surface area contributed by atoms with E-state index in [1.165, 1.54) is 32.4 Å². The molecule has 0 aromatic heterocycles. The summed E-state index contributed by atoms with van der Waals surface area (Å²) < 4.78 is 5.66. The van der Waals surface area contributed by atoms with Crippen LogP contribution in [0.15, 0.2) is 0 Å². The van der Waals surface area contributed by atoms with Crippen molar-refractivity contribution < 1.29 is 4.74 Å². The minimum absolute atomic E-state index is 0.477. The Labute approximate surface area is 93.0 Å². The lowest BCUT2D eigenvalue weighted by Crippen LogP contribution is -2.33. The van der Waals surface area contributed by atoms with E-state index in [0.717, 1.165) is 31.1 Å². The molecule has 3 rings (SSSR count). The molecule has 1 aliphatic carbocycles. The van der Waals surface area contributed by atoms with Gasteiger partial charge in [0, 0.05) is 18.5 Å². The molecule has 0 spiro atoms. The Morgan fingerprint density at radius 2 is 2.07 bits per heavy atom. The number of ether oxygens (including phenoxy) is 1.